The predicted molar refractivity (Wildman–Crippen MR) is 72.8 cm³/mol. The second-order valence-corrected chi connectivity index (χ2v) is 4.74. The van der Waals surface area contributed by atoms with Crippen molar-refractivity contribution in [1.29, 1.82) is 0 Å². The van der Waals surface area contributed by atoms with Crippen LogP contribution in [0.4, 0.5) is 19.0 Å². The van der Waals surface area contributed by atoms with Crippen molar-refractivity contribution in [1.82, 2.24) is 14.6 Å². The van der Waals surface area contributed by atoms with Crippen molar-refractivity contribution in [2.45, 2.75) is 6.18 Å². The van der Waals surface area contributed by atoms with Gasteiger partial charge in [0.15, 0.2) is 11.5 Å². The van der Waals surface area contributed by atoms with E-state index in [9.17, 15) is 13.2 Å². The number of fused-ring (bicyclic) bond motifs is 1. The fraction of sp³-hybridized carbons (Fsp3) is 0.0769. The highest BCUT2D eigenvalue weighted by molar-refractivity contribution is 6.29. The molecule has 0 aliphatic carbocycles. The van der Waals surface area contributed by atoms with E-state index < -0.39 is 11.7 Å². The highest BCUT2D eigenvalue weighted by Crippen LogP contribution is 2.34. The third-order valence-corrected chi connectivity index (χ3v) is 3.14. The highest BCUT2D eigenvalue weighted by Gasteiger charge is 2.31. The summed E-state index contributed by atoms with van der Waals surface area (Å²) in [6, 6.07) is 7.92. The van der Waals surface area contributed by atoms with E-state index in [2.05, 4.69) is 10.1 Å². The van der Waals surface area contributed by atoms with E-state index in [-0.39, 0.29) is 22.2 Å². The summed E-state index contributed by atoms with van der Waals surface area (Å²) < 4.78 is 39.7. The largest absolute Gasteiger partial charge is 0.416 e. The summed E-state index contributed by atoms with van der Waals surface area (Å²) in [4.78, 5) is 4.06. The smallest absolute Gasteiger partial charge is 0.382 e. The Morgan fingerprint density at radius 1 is 1.14 bits per heavy atom. The van der Waals surface area contributed by atoms with E-state index in [4.69, 9.17) is 17.3 Å². The van der Waals surface area contributed by atoms with Crippen LogP contribution in [0.3, 0.4) is 0 Å². The second kappa shape index (κ2) is 4.63. The molecule has 8 heteroatoms. The Kier molecular flexibility index (Phi) is 3.02. The molecule has 3 rings (SSSR count). The van der Waals surface area contributed by atoms with Crippen LogP contribution in [0.15, 0.2) is 36.4 Å². The number of nitrogen functional groups attached to an aromatic ring is 1. The lowest BCUT2D eigenvalue weighted by atomic mass is 10.1. The van der Waals surface area contributed by atoms with Gasteiger partial charge < -0.3 is 5.73 Å². The fourth-order valence-electron chi connectivity index (χ4n) is 2.04. The number of hydrogen-bond donors (Lipinski definition) is 1. The number of nitrogens with zero attached hydrogens (tertiary/aromatic N) is 3. The maximum Gasteiger partial charge on any atom is 0.416 e. The topological polar surface area (TPSA) is 56.2 Å². The van der Waals surface area contributed by atoms with Crippen LogP contribution in [0.5, 0.6) is 0 Å². The van der Waals surface area contributed by atoms with Gasteiger partial charge in [-0.25, -0.2) is 9.50 Å². The zero-order valence-electron chi connectivity index (χ0n) is 10.4. The molecule has 2 N–H and O–H groups in total. The van der Waals surface area contributed by atoms with Gasteiger partial charge in [-0.05, 0) is 24.3 Å². The Labute approximate surface area is 122 Å². The molecular weight excluding hydrogens is 305 g/mol. The quantitative estimate of drug-likeness (QED) is 0.746. The first-order valence-electron chi connectivity index (χ1n) is 5.84. The first-order valence-corrected chi connectivity index (χ1v) is 6.22. The van der Waals surface area contributed by atoms with Gasteiger partial charge in [0.1, 0.15) is 10.8 Å². The van der Waals surface area contributed by atoms with Crippen LogP contribution < -0.4 is 5.73 Å². The number of nitrogens with two attached hydrogens (primary N) is 1. The van der Waals surface area contributed by atoms with E-state index in [1.165, 1.54) is 22.7 Å². The highest BCUT2D eigenvalue weighted by atomic mass is 35.5. The lowest BCUT2D eigenvalue weighted by Gasteiger charge is -2.08. The van der Waals surface area contributed by atoms with E-state index in [0.717, 1.165) is 12.1 Å². The van der Waals surface area contributed by atoms with Gasteiger partial charge in [0, 0.05) is 5.56 Å². The summed E-state index contributed by atoms with van der Waals surface area (Å²) >= 11 is 5.81. The van der Waals surface area contributed by atoms with Crippen LogP contribution in [0.2, 0.25) is 5.15 Å². The number of rotatable bonds is 1. The van der Waals surface area contributed by atoms with Gasteiger partial charge in [0.05, 0.1) is 5.56 Å². The second-order valence-electron chi connectivity index (χ2n) is 4.35. The Bertz CT molecular complexity index is 826. The maximum atomic E-state index is 12.8. The Hall–Kier alpha value is -2.28. The first kappa shape index (κ1) is 13.7. The molecule has 0 radical (unpaired) electrons. The normalized spacial score (nSPS) is 12.0. The van der Waals surface area contributed by atoms with Gasteiger partial charge in [-0.3, -0.25) is 0 Å². The molecule has 1 aromatic carbocycles. The Morgan fingerprint density at radius 3 is 2.62 bits per heavy atom. The summed E-state index contributed by atoms with van der Waals surface area (Å²) in [5.41, 5.74) is 5.98. The lowest BCUT2D eigenvalue weighted by Crippen LogP contribution is -2.05. The SMILES string of the molecule is Nc1nc2ccc(Cl)nn2c1-c1cccc(C(F)(F)F)c1. The number of alkyl halides is 3. The average Bonchev–Trinajstić information content (AvgIpc) is 2.73. The number of halogens is 4. The van der Waals surface area contributed by atoms with Gasteiger partial charge in [0.2, 0.25) is 0 Å². The zero-order valence-corrected chi connectivity index (χ0v) is 11.2. The third-order valence-electron chi connectivity index (χ3n) is 2.94. The van der Waals surface area contributed by atoms with Gasteiger partial charge in [0.25, 0.3) is 0 Å². The van der Waals surface area contributed by atoms with Gasteiger partial charge in [-0.15, -0.1) is 0 Å². The molecule has 2 aromatic heterocycles. The molecule has 4 nitrogen and oxygen atoms in total. The molecule has 0 aliphatic heterocycles. The summed E-state index contributed by atoms with van der Waals surface area (Å²) in [5, 5.41) is 4.21. The zero-order chi connectivity index (χ0) is 15.2. The standard InChI is InChI=1S/C13H8ClF3N4/c14-9-4-5-10-19-12(18)11(21(10)20-9)7-2-1-3-8(6-7)13(15,16)17/h1-6H,18H2. The van der Waals surface area contributed by atoms with Crippen molar-refractivity contribution in [3.63, 3.8) is 0 Å². The number of hydrogen-bond acceptors (Lipinski definition) is 3. The minimum atomic E-state index is -4.43. The number of aromatic nitrogens is 3. The van der Waals surface area contributed by atoms with E-state index in [0.29, 0.717) is 5.65 Å². The molecule has 0 aliphatic rings. The maximum absolute atomic E-state index is 12.8. The van der Waals surface area contributed by atoms with E-state index in [1.54, 1.807) is 6.07 Å². The minimum absolute atomic E-state index is 0.0871. The molecule has 3 aromatic rings. The molecule has 0 bridgehead atoms. The van der Waals surface area contributed by atoms with Crippen molar-refractivity contribution < 1.29 is 13.2 Å². The molecule has 21 heavy (non-hydrogen) atoms. The Morgan fingerprint density at radius 2 is 1.90 bits per heavy atom. The molecule has 0 atom stereocenters. The summed E-state index contributed by atoms with van der Waals surface area (Å²) in [6.07, 6.45) is -4.43. The predicted octanol–water partition coefficient (Wildman–Crippen LogP) is 3.65. The van der Waals surface area contributed by atoms with E-state index >= 15 is 0 Å². The molecule has 108 valence electrons. The molecular formula is C13H8ClF3N4. The van der Waals surface area contributed by atoms with Crippen LogP contribution in [0.25, 0.3) is 16.9 Å². The molecule has 2 heterocycles. The average molecular weight is 313 g/mol. The van der Waals surface area contributed by atoms with Crippen LogP contribution in [0, 0.1) is 0 Å². The van der Waals surface area contributed by atoms with Gasteiger partial charge in [-0.2, -0.15) is 18.3 Å². The number of anilines is 1. The van der Waals surface area contributed by atoms with Crippen molar-refractivity contribution in [3.8, 4) is 11.3 Å². The summed E-state index contributed by atoms with van der Waals surface area (Å²) in [5.74, 6) is 0.0871. The van der Waals surface area contributed by atoms with E-state index in [1.807, 2.05) is 0 Å². The fourth-order valence-corrected chi connectivity index (χ4v) is 2.18. The molecule has 0 unspecified atom stereocenters. The monoisotopic (exact) mass is 312 g/mol. The molecule has 0 spiro atoms. The minimum Gasteiger partial charge on any atom is -0.382 e. The molecule has 0 saturated heterocycles. The van der Waals surface area contributed by atoms with Crippen molar-refractivity contribution in [2.24, 2.45) is 0 Å². The van der Waals surface area contributed by atoms with Crippen molar-refractivity contribution in [3.05, 3.63) is 47.1 Å². The van der Waals surface area contributed by atoms with Crippen LogP contribution in [0.1, 0.15) is 5.56 Å². The molecule has 0 amide bonds. The summed E-state index contributed by atoms with van der Waals surface area (Å²) in [7, 11) is 0. The molecule has 0 fully saturated rings. The first-order chi connectivity index (χ1) is 9.86. The van der Waals surface area contributed by atoms with Gasteiger partial charge >= 0.3 is 6.18 Å². The Balaban J connectivity index is 2.25. The summed E-state index contributed by atoms with van der Waals surface area (Å²) in [6.45, 7) is 0. The van der Waals surface area contributed by atoms with Crippen LogP contribution >= 0.6 is 11.6 Å². The van der Waals surface area contributed by atoms with Gasteiger partial charge in [-0.1, -0.05) is 23.7 Å². The van der Waals surface area contributed by atoms with Crippen molar-refractivity contribution in [2.75, 3.05) is 5.73 Å². The third kappa shape index (κ3) is 2.40. The van der Waals surface area contributed by atoms with Crippen molar-refractivity contribution >= 4 is 23.1 Å². The lowest BCUT2D eigenvalue weighted by molar-refractivity contribution is -0.137. The number of benzene rings is 1. The van der Waals surface area contributed by atoms with Crippen LogP contribution in [-0.2, 0) is 6.18 Å². The van der Waals surface area contributed by atoms with Crippen LogP contribution in [-0.4, -0.2) is 14.6 Å². The molecule has 0 saturated carbocycles. The number of imidazole rings is 1.